The first-order chi connectivity index (χ1) is 11.7. The van der Waals surface area contributed by atoms with E-state index in [1.54, 1.807) is 17.2 Å². The average molecular weight is 325 g/mol. The Kier molecular flexibility index (Phi) is 4.69. The van der Waals surface area contributed by atoms with Gasteiger partial charge in [-0.15, -0.1) is 5.10 Å². The van der Waals surface area contributed by atoms with E-state index in [2.05, 4.69) is 21.6 Å². The van der Waals surface area contributed by atoms with E-state index in [1.807, 2.05) is 23.7 Å². The van der Waals surface area contributed by atoms with Crippen molar-refractivity contribution in [3.63, 3.8) is 0 Å². The molecule has 0 atom stereocenters. The second-order valence-corrected chi connectivity index (χ2v) is 5.37. The van der Waals surface area contributed by atoms with Crippen molar-refractivity contribution in [1.29, 1.82) is 0 Å². The lowest BCUT2D eigenvalue weighted by Gasteiger charge is -2.27. The highest BCUT2D eigenvalue weighted by Crippen LogP contribution is 2.19. The Balaban J connectivity index is 1.68. The summed E-state index contributed by atoms with van der Waals surface area (Å²) in [6, 6.07) is 1.87. The molecule has 0 aliphatic carbocycles. The quantitative estimate of drug-likeness (QED) is 0.784. The molecule has 124 valence electrons. The standard InChI is InChI=1S/C17H19N5O2/c1-3-13(4-2)12-24-16-9-14-11-21(7-8-22(14)20-16)17(23)15-10-18-5-6-19-15/h3-6,9-10H,1,7-8,11-12H2,2H3/b13-4+. The Morgan fingerprint density at radius 3 is 3.00 bits per heavy atom. The first-order valence-corrected chi connectivity index (χ1v) is 7.73. The van der Waals surface area contributed by atoms with Crippen LogP contribution in [0.5, 0.6) is 5.88 Å². The van der Waals surface area contributed by atoms with Gasteiger partial charge in [0.05, 0.1) is 25.0 Å². The van der Waals surface area contributed by atoms with Crippen molar-refractivity contribution in [3.05, 3.63) is 60.3 Å². The summed E-state index contributed by atoms with van der Waals surface area (Å²) in [4.78, 5) is 22.2. The third kappa shape index (κ3) is 3.34. The van der Waals surface area contributed by atoms with Crippen LogP contribution in [0, 0.1) is 0 Å². The number of hydrogen-bond donors (Lipinski definition) is 0. The fourth-order valence-electron chi connectivity index (χ4n) is 2.47. The molecule has 0 N–H and O–H groups in total. The molecule has 0 saturated heterocycles. The molecule has 3 rings (SSSR count). The highest BCUT2D eigenvalue weighted by Gasteiger charge is 2.24. The summed E-state index contributed by atoms with van der Waals surface area (Å²) in [5.74, 6) is 0.431. The summed E-state index contributed by atoms with van der Waals surface area (Å²) in [5.41, 5.74) is 2.29. The lowest BCUT2D eigenvalue weighted by atomic mass is 10.2. The smallest absolute Gasteiger partial charge is 0.274 e. The summed E-state index contributed by atoms with van der Waals surface area (Å²) in [5, 5.41) is 4.42. The molecule has 0 aromatic carbocycles. The topological polar surface area (TPSA) is 73.1 Å². The van der Waals surface area contributed by atoms with Crippen LogP contribution >= 0.6 is 0 Å². The van der Waals surface area contributed by atoms with Crippen molar-refractivity contribution in [2.75, 3.05) is 13.2 Å². The number of fused-ring (bicyclic) bond motifs is 1. The van der Waals surface area contributed by atoms with Crippen LogP contribution in [0.25, 0.3) is 0 Å². The maximum atomic E-state index is 12.5. The van der Waals surface area contributed by atoms with Gasteiger partial charge in [0.1, 0.15) is 12.3 Å². The molecule has 0 spiro atoms. The van der Waals surface area contributed by atoms with Gasteiger partial charge in [0.2, 0.25) is 5.88 Å². The van der Waals surface area contributed by atoms with E-state index in [0.717, 1.165) is 11.3 Å². The van der Waals surface area contributed by atoms with Crippen molar-refractivity contribution in [2.24, 2.45) is 0 Å². The lowest BCUT2D eigenvalue weighted by Crippen LogP contribution is -2.38. The maximum Gasteiger partial charge on any atom is 0.274 e. The van der Waals surface area contributed by atoms with Crippen molar-refractivity contribution in [3.8, 4) is 5.88 Å². The van der Waals surface area contributed by atoms with Gasteiger partial charge in [0, 0.05) is 25.0 Å². The molecule has 1 aliphatic rings. The first-order valence-electron chi connectivity index (χ1n) is 7.73. The Labute approximate surface area is 140 Å². The van der Waals surface area contributed by atoms with Gasteiger partial charge in [0.15, 0.2) is 0 Å². The number of nitrogens with zero attached hydrogens (tertiary/aromatic N) is 5. The van der Waals surface area contributed by atoms with Crippen LogP contribution in [-0.2, 0) is 13.1 Å². The lowest BCUT2D eigenvalue weighted by molar-refractivity contribution is 0.0699. The second kappa shape index (κ2) is 7.08. The Morgan fingerprint density at radius 1 is 1.42 bits per heavy atom. The van der Waals surface area contributed by atoms with E-state index in [-0.39, 0.29) is 5.91 Å². The fourth-order valence-corrected chi connectivity index (χ4v) is 2.47. The summed E-state index contributed by atoms with van der Waals surface area (Å²) >= 11 is 0. The second-order valence-electron chi connectivity index (χ2n) is 5.37. The van der Waals surface area contributed by atoms with Crippen LogP contribution in [0.3, 0.4) is 0 Å². The average Bonchev–Trinajstić information content (AvgIpc) is 3.04. The molecule has 1 aliphatic heterocycles. The van der Waals surface area contributed by atoms with E-state index < -0.39 is 0 Å². The zero-order chi connectivity index (χ0) is 16.9. The molecule has 7 nitrogen and oxygen atoms in total. The number of ether oxygens (including phenoxy) is 1. The molecule has 0 radical (unpaired) electrons. The molecule has 7 heteroatoms. The molecule has 1 amide bonds. The number of aromatic nitrogens is 4. The minimum absolute atomic E-state index is 0.124. The largest absolute Gasteiger partial charge is 0.472 e. The van der Waals surface area contributed by atoms with Crippen molar-refractivity contribution in [2.45, 2.75) is 20.0 Å². The number of carbonyl (C=O) groups is 1. The van der Waals surface area contributed by atoms with Gasteiger partial charge in [0.25, 0.3) is 5.91 Å². The van der Waals surface area contributed by atoms with Gasteiger partial charge < -0.3 is 9.64 Å². The van der Waals surface area contributed by atoms with Gasteiger partial charge in [-0.25, -0.2) is 4.98 Å². The molecule has 3 heterocycles. The van der Waals surface area contributed by atoms with Crippen LogP contribution < -0.4 is 4.74 Å². The number of amides is 1. The monoisotopic (exact) mass is 325 g/mol. The molecule has 0 fully saturated rings. The van der Waals surface area contributed by atoms with Crippen molar-refractivity contribution in [1.82, 2.24) is 24.6 Å². The Hall–Kier alpha value is -2.96. The minimum Gasteiger partial charge on any atom is -0.472 e. The molecule has 0 bridgehead atoms. The van der Waals surface area contributed by atoms with E-state index in [0.29, 0.717) is 37.8 Å². The van der Waals surface area contributed by atoms with Gasteiger partial charge >= 0.3 is 0 Å². The van der Waals surface area contributed by atoms with Crippen molar-refractivity contribution >= 4 is 5.91 Å². The van der Waals surface area contributed by atoms with Crippen LogP contribution in [0.1, 0.15) is 23.1 Å². The highest BCUT2D eigenvalue weighted by atomic mass is 16.5. The van der Waals surface area contributed by atoms with Crippen LogP contribution in [0.2, 0.25) is 0 Å². The van der Waals surface area contributed by atoms with Crippen LogP contribution in [0.15, 0.2) is 49.0 Å². The van der Waals surface area contributed by atoms with Gasteiger partial charge in [-0.05, 0) is 12.5 Å². The Bertz CT molecular complexity index is 767. The molecule has 2 aromatic heterocycles. The van der Waals surface area contributed by atoms with E-state index in [4.69, 9.17) is 4.74 Å². The number of carbonyl (C=O) groups excluding carboxylic acids is 1. The number of allylic oxidation sites excluding steroid dienone is 1. The molecular formula is C17H19N5O2. The number of hydrogen-bond acceptors (Lipinski definition) is 5. The van der Waals surface area contributed by atoms with E-state index >= 15 is 0 Å². The minimum atomic E-state index is -0.124. The van der Waals surface area contributed by atoms with E-state index in [1.165, 1.54) is 12.4 Å². The molecule has 2 aromatic rings. The van der Waals surface area contributed by atoms with Crippen LogP contribution in [0.4, 0.5) is 0 Å². The SMILES string of the molecule is C=C/C(=C\C)COc1cc2n(n1)CCN(C(=O)c1cnccn1)C2. The maximum absolute atomic E-state index is 12.5. The molecule has 0 unspecified atom stereocenters. The number of rotatable bonds is 5. The Morgan fingerprint density at radius 2 is 2.29 bits per heavy atom. The van der Waals surface area contributed by atoms with Crippen LogP contribution in [-0.4, -0.2) is 43.7 Å². The third-order valence-electron chi connectivity index (χ3n) is 3.86. The molecular weight excluding hydrogens is 306 g/mol. The zero-order valence-corrected chi connectivity index (χ0v) is 13.6. The summed E-state index contributed by atoms with van der Waals surface area (Å²) < 4.78 is 7.56. The van der Waals surface area contributed by atoms with Gasteiger partial charge in [-0.2, -0.15) is 0 Å². The summed E-state index contributed by atoms with van der Waals surface area (Å²) in [6.07, 6.45) is 8.26. The van der Waals surface area contributed by atoms with Crippen molar-refractivity contribution < 1.29 is 9.53 Å². The summed E-state index contributed by atoms with van der Waals surface area (Å²) in [7, 11) is 0. The third-order valence-corrected chi connectivity index (χ3v) is 3.86. The predicted molar refractivity (Wildman–Crippen MR) is 88.4 cm³/mol. The van der Waals surface area contributed by atoms with E-state index in [9.17, 15) is 4.79 Å². The zero-order valence-electron chi connectivity index (χ0n) is 13.6. The molecule has 24 heavy (non-hydrogen) atoms. The van der Waals surface area contributed by atoms with Gasteiger partial charge in [-0.3, -0.25) is 14.5 Å². The normalized spacial score (nSPS) is 14.2. The summed E-state index contributed by atoms with van der Waals surface area (Å²) in [6.45, 7) is 7.79. The predicted octanol–water partition coefficient (Wildman–Crippen LogP) is 1.84. The molecule has 0 saturated carbocycles. The first kappa shape index (κ1) is 15.9. The highest BCUT2D eigenvalue weighted by molar-refractivity contribution is 5.91. The van der Waals surface area contributed by atoms with Gasteiger partial charge in [-0.1, -0.05) is 18.7 Å². The fraction of sp³-hybridized carbons (Fsp3) is 0.294.